The molecule has 5 nitrogen and oxygen atoms in total. The number of benzene rings is 1. The number of ether oxygens (including phenoxy) is 1. The van der Waals surface area contributed by atoms with Crippen molar-refractivity contribution in [2.24, 2.45) is 0 Å². The van der Waals surface area contributed by atoms with Gasteiger partial charge in [-0.3, -0.25) is 0 Å². The van der Waals surface area contributed by atoms with E-state index in [1.807, 2.05) is 6.92 Å². The van der Waals surface area contributed by atoms with Crippen LogP contribution in [0.2, 0.25) is 0 Å². The maximum absolute atomic E-state index is 11.5. The first-order valence-electron chi connectivity index (χ1n) is 4.68. The number of hydrogen-bond acceptors (Lipinski definition) is 5. The molecule has 1 rings (SSSR count). The standard InChI is InChI=1S/C10H14O5S/c1-9-3-5-10(6-4-9)16(11,12)15-14-8-7-13-2/h3-6H,7-8H2,1-2H3. The molecule has 0 unspecified atom stereocenters. The first-order valence-corrected chi connectivity index (χ1v) is 6.09. The number of aryl methyl sites for hydroxylation is 1. The maximum atomic E-state index is 11.5. The van der Waals surface area contributed by atoms with E-state index in [1.165, 1.54) is 19.2 Å². The fourth-order valence-corrected chi connectivity index (χ4v) is 1.70. The van der Waals surface area contributed by atoms with Gasteiger partial charge >= 0.3 is 10.1 Å². The number of rotatable bonds is 6. The van der Waals surface area contributed by atoms with E-state index in [0.717, 1.165) is 5.56 Å². The smallest absolute Gasteiger partial charge is 0.323 e. The Kier molecular flexibility index (Phi) is 4.88. The molecule has 0 bridgehead atoms. The third-order valence-electron chi connectivity index (χ3n) is 1.82. The monoisotopic (exact) mass is 246 g/mol. The van der Waals surface area contributed by atoms with Crippen LogP contribution in [-0.2, 0) is 24.1 Å². The lowest BCUT2D eigenvalue weighted by Crippen LogP contribution is -2.10. The third kappa shape index (κ3) is 3.90. The molecule has 0 atom stereocenters. The highest BCUT2D eigenvalue weighted by atomic mass is 32.2. The molecule has 90 valence electrons. The predicted molar refractivity (Wildman–Crippen MR) is 57.3 cm³/mol. The molecule has 0 aliphatic heterocycles. The van der Waals surface area contributed by atoms with Crippen LogP contribution in [0.15, 0.2) is 29.2 Å². The van der Waals surface area contributed by atoms with E-state index in [2.05, 4.69) is 14.0 Å². The lowest BCUT2D eigenvalue weighted by Gasteiger charge is -2.04. The third-order valence-corrected chi connectivity index (χ3v) is 2.94. The van der Waals surface area contributed by atoms with Crippen LogP contribution in [-0.4, -0.2) is 28.7 Å². The fourth-order valence-electron chi connectivity index (χ4n) is 0.959. The van der Waals surface area contributed by atoms with Crippen molar-refractivity contribution in [3.05, 3.63) is 29.8 Å². The van der Waals surface area contributed by atoms with Gasteiger partial charge in [-0.15, -0.1) is 4.33 Å². The summed E-state index contributed by atoms with van der Waals surface area (Å²) in [6.07, 6.45) is 0. The van der Waals surface area contributed by atoms with E-state index >= 15 is 0 Å². The normalized spacial score (nSPS) is 11.6. The Morgan fingerprint density at radius 1 is 1.12 bits per heavy atom. The predicted octanol–water partition coefficient (Wildman–Crippen LogP) is 1.28. The summed E-state index contributed by atoms with van der Waals surface area (Å²) in [5, 5.41) is 0. The van der Waals surface area contributed by atoms with Crippen molar-refractivity contribution in [3.63, 3.8) is 0 Å². The Balaban J connectivity index is 2.60. The van der Waals surface area contributed by atoms with Gasteiger partial charge in [0.25, 0.3) is 0 Å². The number of methoxy groups -OCH3 is 1. The van der Waals surface area contributed by atoms with Gasteiger partial charge in [-0.25, -0.2) is 4.89 Å². The van der Waals surface area contributed by atoms with Crippen molar-refractivity contribution in [2.45, 2.75) is 11.8 Å². The second-order valence-corrected chi connectivity index (χ2v) is 4.67. The summed E-state index contributed by atoms with van der Waals surface area (Å²) >= 11 is 0. The van der Waals surface area contributed by atoms with Gasteiger partial charge in [-0.2, -0.15) is 8.42 Å². The molecule has 0 amide bonds. The zero-order valence-corrected chi connectivity index (χ0v) is 9.99. The first-order chi connectivity index (χ1) is 7.56. The number of hydrogen-bond donors (Lipinski definition) is 0. The van der Waals surface area contributed by atoms with Gasteiger partial charge < -0.3 is 4.74 Å². The molecule has 1 aromatic carbocycles. The largest absolute Gasteiger partial charge is 0.382 e. The van der Waals surface area contributed by atoms with Crippen LogP contribution in [0.25, 0.3) is 0 Å². The molecule has 0 aliphatic carbocycles. The fraction of sp³-hybridized carbons (Fsp3) is 0.400. The summed E-state index contributed by atoms with van der Waals surface area (Å²) < 4.78 is 32.1. The zero-order valence-electron chi connectivity index (χ0n) is 9.17. The highest BCUT2D eigenvalue weighted by Gasteiger charge is 2.15. The average molecular weight is 246 g/mol. The highest BCUT2D eigenvalue weighted by Crippen LogP contribution is 2.13. The molecule has 16 heavy (non-hydrogen) atoms. The van der Waals surface area contributed by atoms with Crippen molar-refractivity contribution in [2.75, 3.05) is 20.3 Å². The minimum atomic E-state index is -3.84. The summed E-state index contributed by atoms with van der Waals surface area (Å²) in [4.78, 5) is 4.58. The van der Waals surface area contributed by atoms with Crippen LogP contribution >= 0.6 is 0 Å². The van der Waals surface area contributed by atoms with Gasteiger partial charge in [-0.1, -0.05) is 17.7 Å². The summed E-state index contributed by atoms with van der Waals surface area (Å²) in [5.74, 6) is 0. The van der Waals surface area contributed by atoms with Crippen LogP contribution in [0, 0.1) is 6.92 Å². The summed E-state index contributed by atoms with van der Waals surface area (Å²) in [6.45, 7) is 2.19. The molecule has 6 heteroatoms. The minimum Gasteiger partial charge on any atom is -0.382 e. The van der Waals surface area contributed by atoms with Crippen LogP contribution in [0.4, 0.5) is 0 Å². The lowest BCUT2D eigenvalue weighted by atomic mass is 10.2. The van der Waals surface area contributed by atoms with Crippen molar-refractivity contribution >= 4 is 10.1 Å². The summed E-state index contributed by atoms with van der Waals surface area (Å²) in [5.41, 5.74) is 0.972. The van der Waals surface area contributed by atoms with E-state index in [9.17, 15) is 8.42 Å². The molecule has 0 radical (unpaired) electrons. The van der Waals surface area contributed by atoms with Crippen LogP contribution in [0.1, 0.15) is 5.56 Å². The molecule has 0 fully saturated rings. The zero-order chi connectivity index (χ0) is 12.0. The van der Waals surface area contributed by atoms with Crippen LogP contribution in [0.5, 0.6) is 0 Å². The van der Waals surface area contributed by atoms with Crippen molar-refractivity contribution in [1.29, 1.82) is 0 Å². The topological polar surface area (TPSA) is 61.8 Å². The van der Waals surface area contributed by atoms with E-state index < -0.39 is 10.1 Å². The van der Waals surface area contributed by atoms with Crippen LogP contribution < -0.4 is 0 Å². The Morgan fingerprint density at radius 3 is 2.31 bits per heavy atom. The Hall–Kier alpha value is -0.950. The van der Waals surface area contributed by atoms with E-state index in [0.29, 0.717) is 0 Å². The molecule has 0 saturated carbocycles. The Bertz CT molecular complexity index is 409. The molecule has 1 aromatic rings. The van der Waals surface area contributed by atoms with E-state index in [4.69, 9.17) is 0 Å². The molecular weight excluding hydrogens is 232 g/mol. The van der Waals surface area contributed by atoms with Crippen molar-refractivity contribution in [3.8, 4) is 0 Å². The van der Waals surface area contributed by atoms with E-state index in [1.54, 1.807) is 12.1 Å². The molecule has 0 N–H and O–H groups in total. The summed E-state index contributed by atoms with van der Waals surface area (Å²) in [6, 6.07) is 6.30. The van der Waals surface area contributed by atoms with Gasteiger partial charge in [0.1, 0.15) is 6.61 Å². The van der Waals surface area contributed by atoms with Gasteiger partial charge in [0.15, 0.2) is 0 Å². The molecule has 0 spiro atoms. The van der Waals surface area contributed by atoms with Crippen molar-refractivity contribution < 1.29 is 22.4 Å². The molecule has 0 heterocycles. The Labute approximate surface area is 95.0 Å². The maximum Gasteiger partial charge on any atom is 0.323 e. The highest BCUT2D eigenvalue weighted by molar-refractivity contribution is 7.86. The van der Waals surface area contributed by atoms with Crippen molar-refractivity contribution in [1.82, 2.24) is 0 Å². The Morgan fingerprint density at radius 2 is 1.75 bits per heavy atom. The van der Waals surface area contributed by atoms with Gasteiger partial charge in [0.05, 0.1) is 11.5 Å². The second kappa shape index (κ2) is 5.95. The van der Waals surface area contributed by atoms with Gasteiger partial charge in [0, 0.05) is 7.11 Å². The first kappa shape index (κ1) is 13.1. The SMILES string of the molecule is COCCOOS(=O)(=O)c1ccc(C)cc1. The summed E-state index contributed by atoms with van der Waals surface area (Å²) in [7, 11) is -2.35. The quantitative estimate of drug-likeness (QED) is 0.430. The average Bonchev–Trinajstić information content (AvgIpc) is 2.25. The molecule has 0 saturated heterocycles. The lowest BCUT2D eigenvalue weighted by molar-refractivity contribution is -0.208. The van der Waals surface area contributed by atoms with Crippen LogP contribution in [0.3, 0.4) is 0 Å². The molecular formula is C10H14O5S. The second-order valence-electron chi connectivity index (χ2n) is 3.15. The van der Waals surface area contributed by atoms with Gasteiger partial charge in [-0.05, 0) is 19.1 Å². The van der Waals surface area contributed by atoms with Gasteiger partial charge in [0.2, 0.25) is 0 Å². The minimum absolute atomic E-state index is 0.0571. The van der Waals surface area contributed by atoms with E-state index in [-0.39, 0.29) is 18.1 Å². The molecule has 0 aliphatic rings. The molecule has 0 aromatic heterocycles.